The Labute approximate surface area is 80.1 Å². The van der Waals surface area contributed by atoms with Gasteiger partial charge in [-0.2, -0.15) is 13.2 Å². The van der Waals surface area contributed by atoms with Crippen molar-refractivity contribution in [1.29, 1.82) is 0 Å². The number of nitrogens with zero attached hydrogens (tertiary/aromatic N) is 1. The molecule has 14 heavy (non-hydrogen) atoms. The van der Waals surface area contributed by atoms with Crippen LogP contribution in [0.4, 0.5) is 13.2 Å². The van der Waals surface area contributed by atoms with Crippen LogP contribution in [0.25, 0.3) is 0 Å². The van der Waals surface area contributed by atoms with Gasteiger partial charge in [0.2, 0.25) is 0 Å². The average Bonchev–Trinajstić information content (AvgIpc) is 2.59. The number of amides is 1. The fourth-order valence-electron chi connectivity index (χ4n) is 2.65. The fourth-order valence-corrected chi connectivity index (χ4v) is 2.65. The zero-order valence-electron chi connectivity index (χ0n) is 7.68. The molecule has 2 fully saturated rings. The maximum atomic E-state index is 12.2. The van der Waals surface area contributed by atoms with Gasteiger partial charge in [0.05, 0.1) is 0 Å². The molecule has 0 aromatic heterocycles. The number of hydrogen-bond acceptors (Lipinski definition) is 1. The molecule has 2 aliphatic rings. The molecular formula is C9H12F3NO. The summed E-state index contributed by atoms with van der Waals surface area (Å²) in [6, 6.07) is -0.135. The van der Waals surface area contributed by atoms with Crippen LogP contribution in [0.5, 0.6) is 0 Å². The summed E-state index contributed by atoms with van der Waals surface area (Å²) < 4.78 is 36.5. The van der Waals surface area contributed by atoms with Crippen molar-refractivity contribution in [2.75, 3.05) is 6.54 Å². The lowest BCUT2D eigenvalue weighted by Gasteiger charge is -2.24. The third-order valence-corrected chi connectivity index (χ3v) is 3.26. The zero-order chi connectivity index (χ0) is 10.3. The Morgan fingerprint density at radius 2 is 1.93 bits per heavy atom. The van der Waals surface area contributed by atoms with Crippen molar-refractivity contribution in [3.05, 3.63) is 0 Å². The predicted molar refractivity (Wildman–Crippen MR) is 43.5 cm³/mol. The molecule has 1 heterocycles. The largest absolute Gasteiger partial charge is 0.471 e. The molecule has 0 unspecified atom stereocenters. The number of alkyl halides is 3. The normalized spacial score (nSPS) is 32.1. The van der Waals surface area contributed by atoms with Crippen LogP contribution in [0, 0.1) is 5.92 Å². The van der Waals surface area contributed by atoms with E-state index in [0.717, 1.165) is 30.6 Å². The Bertz CT molecular complexity index is 251. The molecule has 2 atom stereocenters. The SMILES string of the molecule is O=C(N1CC[C@H]2CCC[C@H]21)C(F)(F)F. The average molecular weight is 207 g/mol. The van der Waals surface area contributed by atoms with Gasteiger partial charge in [0.15, 0.2) is 0 Å². The second-order valence-corrected chi connectivity index (χ2v) is 4.04. The van der Waals surface area contributed by atoms with Gasteiger partial charge in [0.1, 0.15) is 0 Å². The van der Waals surface area contributed by atoms with Crippen molar-refractivity contribution in [3.8, 4) is 0 Å². The Kier molecular flexibility index (Phi) is 2.20. The first-order valence-electron chi connectivity index (χ1n) is 4.88. The summed E-state index contributed by atoms with van der Waals surface area (Å²) in [5.41, 5.74) is 0. The number of carbonyl (C=O) groups excluding carboxylic acids is 1. The van der Waals surface area contributed by atoms with Gasteiger partial charge in [-0.3, -0.25) is 4.79 Å². The van der Waals surface area contributed by atoms with Gasteiger partial charge in [0.25, 0.3) is 0 Å². The van der Waals surface area contributed by atoms with E-state index in [1.807, 2.05) is 0 Å². The van der Waals surface area contributed by atoms with E-state index in [4.69, 9.17) is 0 Å². The van der Waals surface area contributed by atoms with Gasteiger partial charge in [-0.15, -0.1) is 0 Å². The first-order valence-corrected chi connectivity index (χ1v) is 4.88. The van der Waals surface area contributed by atoms with Crippen molar-refractivity contribution < 1.29 is 18.0 Å². The quantitative estimate of drug-likeness (QED) is 0.594. The van der Waals surface area contributed by atoms with E-state index in [1.54, 1.807) is 0 Å². The van der Waals surface area contributed by atoms with Gasteiger partial charge >= 0.3 is 12.1 Å². The minimum absolute atomic E-state index is 0.135. The first kappa shape index (κ1) is 9.80. The minimum Gasteiger partial charge on any atom is -0.332 e. The van der Waals surface area contributed by atoms with E-state index >= 15 is 0 Å². The summed E-state index contributed by atoms with van der Waals surface area (Å²) in [6.07, 6.45) is -1.28. The molecule has 1 saturated carbocycles. The highest BCUT2D eigenvalue weighted by Gasteiger charge is 2.49. The number of rotatable bonds is 0. The number of fused-ring (bicyclic) bond motifs is 1. The van der Waals surface area contributed by atoms with Gasteiger partial charge in [-0.1, -0.05) is 6.42 Å². The monoisotopic (exact) mass is 207 g/mol. The maximum Gasteiger partial charge on any atom is 0.471 e. The smallest absolute Gasteiger partial charge is 0.332 e. The van der Waals surface area contributed by atoms with Crippen LogP contribution < -0.4 is 0 Å². The Hall–Kier alpha value is -0.740. The van der Waals surface area contributed by atoms with Crippen molar-refractivity contribution in [3.63, 3.8) is 0 Å². The Morgan fingerprint density at radius 1 is 1.21 bits per heavy atom. The molecule has 0 aromatic rings. The topological polar surface area (TPSA) is 20.3 Å². The zero-order valence-corrected chi connectivity index (χ0v) is 7.68. The van der Waals surface area contributed by atoms with Gasteiger partial charge in [-0.05, 0) is 25.2 Å². The van der Waals surface area contributed by atoms with Gasteiger partial charge < -0.3 is 4.90 Å². The molecule has 1 saturated heterocycles. The van der Waals surface area contributed by atoms with Crippen LogP contribution in [-0.4, -0.2) is 29.6 Å². The fraction of sp³-hybridized carbons (Fsp3) is 0.889. The molecular weight excluding hydrogens is 195 g/mol. The highest BCUT2D eigenvalue weighted by atomic mass is 19.4. The third kappa shape index (κ3) is 1.48. The molecule has 0 bridgehead atoms. The molecule has 1 amide bonds. The van der Waals surface area contributed by atoms with E-state index in [1.165, 1.54) is 0 Å². The van der Waals surface area contributed by atoms with Crippen molar-refractivity contribution in [2.45, 2.75) is 37.9 Å². The van der Waals surface area contributed by atoms with Crippen LogP contribution in [0.3, 0.4) is 0 Å². The summed E-state index contributed by atoms with van der Waals surface area (Å²) >= 11 is 0. The van der Waals surface area contributed by atoms with E-state index in [-0.39, 0.29) is 12.6 Å². The summed E-state index contributed by atoms with van der Waals surface area (Å²) in [4.78, 5) is 12.0. The van der Waals surface area contributed by atoms with Crippen LogP contribution in [0.1, 0.15) is 25.7 Å². The van der Waals surface area contributed by atoms with Crippen molar-refractivity contribution in [2.24, 2.45) is 5.92 Å². The molecule has 1 aliphatic carbocycles. The van der Waals surface area contributed by atoms with Gasteiger partial charge in [-0.25, -0.2) is 0 Å². The number of carbonyl (C=O) groups is 1. The Balaban J connectivity index is 2.09. The molecule has 0 radical (unpaired) electrons. The van der Waals surface area contributed by atoms with Crippen LogP contribution in [0.2, 0.25) is 0 Å². The molecule has 1 aliphatic heterocycles. The van der Waals surface area contributed by atoms with E-state index in [0.29, 0.717) is 5.92 Å². The Morgan fingerprint density at radius 3 is 2.57 bits per heavy atom. The summed E-state index contributed by atoms with van der Waals surface area (Å²) in [6.45, 7) is 0.285. The molecule has 0 spiro atoms. The molecule has 2 rings (SSSR count). The molecule has 2 nitrogen and oxygen atoms in total. The van der Waals surface area contributed by atoms with Crippen LogP contribution >= 0.6 is 0 Å². The number of hydrogen-bond donors (Lipinski definition) is 0. The maximum absolute atomic E-state index is 12.2. The third-order valence-electron chi connectivity index (χ3n) is 3.26. The highest BCUT2D eigenvalue weighted by molar-refractivity contribution is 5.82. The number of halogens is 3. The van der Waals surface area contributed by atoms with E-state index in [9.17, 15) is 18.0 Å². The second-order valence-electron chi connectivity index (χ2n) is 4.04. The predicted octanol–water partition coefficient (Wildman–Crippen LogP) is 1.95. The molecule has 0 N–H and O–H groups in total. The molecule has 5 heteroatoms. The lowest BCUT2D eigenvalue weighted by Crippen LogP contribution is -2.44. The van der Waals surface area contributed by atoms with E-state index in [2.05, 4.69) is 0 Å². The first-order chi connectivity index (χ1) is 6.50. The number of likely N-dealkylation sites (tertiary alicyclic amines) is 1. The second kappa shape index (κ2) is 3.14. The summed E-state index contributed by atoms with van der Waals surface area (Å²) in [5, 5.41) is 0. The lowest BCUT2D eigenvalue weighted by atomic mass is 10.0. The van der Waals surface area contributed by atoms with E-state index < -0.39 is 12.1 Å². The van der Waals surface area contributed by atoms with Crippen LogP contribution in [-0.2, 0) is 4.79 Å². The highest BCUT2D eigenvalue weighted by Crippen LogP contribution is 2.39. The lowest BCUT2D eigenvalue weighted by molar-refractivity contribution is -0.186. The molecule has 0 aromatic carbocycles. The van der Waals surface area contributed by atoms with Crippen molar-refractivity contribution in [1.82, 2.24) is 4.90 Å². The standard InChI is InChI=1S/C9H12F3NO/c10-9(11,12)8(14)13-5-4-6-2-1-3-7(6)13/h6-7H,1-5H2/t6-,7-/m1/s1. The summed E-state index contributed by atoms with van der Waals surface area (Å²) in [5.74, 6) is -1.33. The minimum atomic E-state index is -4.70. The van der Waals surface area contributed by atoms with Crippen molar-refractivity contribution >= 4 is 5.91 Å². The molecule has 80 valence electrons. The van der Waals surface area contributed by atoms with Crippen LogP contribution in [0.15, 0.2) is 0 Å². The summed E-state index contributed by atoms with van der Waals surface area (Å²) in [7, 11) is 0. The van der Waals surface area contributed by atoms with Gasteiger partial charge in [0, 0.05) is 12.6 Å².